The van der Waals surface area contributed by atoms with Gasteiger partial charge in [0.05, 0.1) is 18.9 Å². The number of carbonyl (C=O) groups is 1. The van der Waals surface area contributed by atoms with Crippen LogP contribution in [0.15, 0.2) is 53.0 Å². The number of halogens is 1. The van der Waals surface area contributed by atoms with E-state index in [1.54, 1.807) is 7.11 Å². The first-order valence-electron chi connectivity index (χ1n) is 9.34. The second kappa shape index (κ2) is 7.47. The fourth-order valence-electron chi connectivity index (χ4n) is 3.86. The minimum Gasteiger partial charge on any atom is -0.493 e. The predicted octanol–water partition coefficient (Wildman–Crippen LogP) is 5.87. The molecule has 1 aliphatic heterocycles. The van der Waals surface area contributed by atoms with Crippen LogP contribution in [0.3, 0.4) is 0 Å². The number of methoxy groups -OCH3 is 1. The molecule has 1 aliphatic rings. The van der Waals surface area contributed by atoms with Crippen molar-refractivity contribution in [1.29, 1.82) is 0 Å². The van der Waals surface area contributed by atoms with Crippen LogP contribution < -0.4 is 14.8 Å². The van der Waals surface area contributed by atoms with Crippen LogP contribution in [-0.4, -0.2) is 19.1 Å². The minimum absolute atomic E-state index is 0.00305. The van der Waals surface area contributed by atoms with Crippen molar-refractivity contribution in [1.82, 2.24) is 0 Å². The van der Waals surface area contributed by atoms with E-state index in [1.165, 1.54) is 0 Å². The lowest BCUT2D eigenvalue weighted by Gasteiger charge is -2.30. The molecule has 0 fully saturated rings. The molecule has 0 aromatic heterocycles. The van der Waals surface area contributed by atoms with Crippen LogP contribution in [0.2, 0.25) is 0 Å². The van der Waals surface area contributed by atoms with E-state index >= 15 is 0 Å². The highest BCUT2D eigenvalue weighted by atomic mass is 79.9. The number of carbonyl (C=O) groups excluding carboxylic acids is 1. The summed E-state index contributed by atoms with van der Waals surface area (Å²) >= 11 is 3.71. The molecule has 1 heterocycles. The highest BCUT2D eigenvalue weighted by molar-refractivity contribution is 9.10. The van der Waals surface area contributed by atoms with Gasteiger partial charge in [-0.3, -0.25) is 4.79 Å². The highest BCUT2D eigenvalue weighted by Crippen LogP contribution is 2.47. The zero-order valence-electron chi connectivity index (χ0n) is 16.1. The maximum atomic E-state index is 12.6. The lowest BCUT2D eigenvalue weighted by Crippen LogP contribution is -2.24. The maximum absolute atomic E-state index is 12.6. The average Bonchev–Trinajstić information content (AvgIpc) is 2.68. The van der Waals surface area contributed by atoms with Gasteiger partial charge in [0, 0.05) is 27.8 Å². The summed E-state index contributed by atoms with van der Waals surface area (Å²) in [7, 11) is 1.64. The molecule has 4 nitrogen and oxygen atoms in total. The first kappa shape index (κ1) is 18.8. The molecular weight excluding hydrogens is 418 g/mol. The SMILES string of the molecule is COc1cccc(C2CC(=O)Nc3c2cc(Br)c2ccccc32)c1OC(C)C. The number of fused-ring (bicyclic) bond motifs is 3. The molecule has 0 spiro atoms. The third kappa shape index (κ3) is 3.24. The Morgan fingerprint density at radius 2 is 1.82 bits per heavy atom. The van der Waals surface area contributed by atoms with Crippen LogP contribution >= 0.6 is 15.9 Å². The van der Waals surface area contributed by atoms with E-state index in [-0.39, 0.29) is 17.9 Å². The number of rotatable bonds is 4. The van der Waals surface area contributed by atoms with Crippen LogP contribution in [0.1, 0.15) is 37.3 Å². The number of benzene rings is 3. The molecule has 1 atom stereocenters. The smallest absolute Gasteiger partial charge is 0.225 e. The number of anilines is 1. The first-order chi connectivity index (χ1) is 13.5. The quantitative estimate of drug-likeness (QED) is 0.552. The van der Waals surface area contributed by atoms with E-state index in [9.17, 15) is 4.79 Å². The van der Waals surface area contributed by atoms with Crippen molar-refractivity contribution in [3.05, 3.63) is 64.1 Å². The summed E-state index contributed by atoms with van der Waals surface area (Å²) in [5.41, 5.74) is 2.91. The number of hydrogen-bond acceptors (Lipinski definition) is 3. The van der Waals surface area contributed by atoms with E-state index < -0.39 is 0 Å². The normalized spacial score (nSPS) is 16.0. The predicted molar refractivity (Wildman–Crippen MR) is 115 cm³/mol. The van der Waals surface area contributed by atoms with Gasteiger partial charge in [-0.15, -0.1) is 0 Å². The minimum atomic E-state index is -0.117. The Morgan fingerprint density at radius 1 is 1.07 bits per heavy atom. The van der Waals surface area contributed by atoms with E-state index in [0.717, 1.165) is 32.1 Å². The van der Waals surface area contributed by atoms with Crippen molar-refractivity contribution in [2.75, 3.05) is 12.4 Å². The standard InChI is InChI=1S/C23H22BrNO3/c1-13(2)28-23-16(9-6-10-20(23)27-3)17-12-21(26)25-22-15-8-5-4-7-14(15)19(24)11-18(17)22/h4-11,13,17H,12H2,1-3H3,(H,25,26). The number of para-hydroxylation sites is 1. The van der Waals surface area contributed by atoms with E-state index in [2.05, 4.69) is 27.3 Å². The Kier molecular flexibility index (Phi) is 5.02. The summed E-state index contributed by atoms with van der Waals surface area (Å²) in [6, 6.07) is 16.1. The molecule has 4 rings (SSSR count). The van der Waals surface area contributed by atoms with Gasteiger partial charge in [-0.2, -0.15) is 0 Å². The van der Waals surface area contributed by atoms with Crippen LogP contribution in [0.5, 0.6) is 11.5 Å². The molecule has 1 amide bonds. The number of ether oxygens (including phenoxy) is 2. The molecule has 1 N–H and O–H groups in total. The van der Waals surface area contributed by atoms with Gasteiger partial charge in [0.1, 0.15) is 0 Å². The second-order valence-electron chi connectivity index (χ2n) is 7.22. The zero-order chi connectivity index (χ0) is 19.8. The molecule has 1 unspecified atom stereocenters. The summed E-state index contributed by atoms with van der Waals surface area (Å²) in [5.74, 6) is 1.27. The molecule has 0 aliphatic carbocycles. The average molecular weight is 440 g/mol. The van der Waals surface area contributed by atoms with Crippen LogP contribution in [0.4, 0.5) is 5.69 Å². The Bertz CT molecular complexity index is 1060. The number of amides is 1. The van der Waals surface area contributed by atoms with E-state index in [4.69, 9.17) is 9.47 Å². The summed E-state index contributed by atoms with van der Waals surface area (Å²) in [6.07, 6.45) is 0.356. The molecule has 0 saturated heterocycles. The van der Waals surface area contributed by atoms with Gasteiger partial charge in [0.2, 0.25) is 5.91 Å². The summed E-state index contributed by atoms with van der Waals surface area (Å²) in [6.45, 7) is 3.98. The van der Waals surface area contributed by atoms with Gasteiger partial charge in [0.15, 0.2) is 11.5 Å². The lowest BCUT2D eigenvalue weighted by atomic mass is 9.82. The number of hydrogen-bond donors (Lipinski definition) is 1. The van der Waals surface area contributed by atoms with Crippen LogP contribution in [0.25, 0.3) is 10.8 Å². The molecule has 0 saturated carbocycles. The van der Waals surface area contributed by atoms with Gasteiger partial charge in [0.25, 0.3) is 0 Å². The molecule has 3 aromatic carbocycles. The summed E-state index contributed by atoms with van der Waals surface area (Å²) < 4.78 is 12.7. The van der Waals surface area contributed by atoms with Gasteiger partial charge in [-0.1, -0.05) is 52.3 Å². The molecular formula is C23H22BrNO3. The van der Waals surface area contributed by atoms with Crippen molar-refractivity contribution < 1.29 is 14.3 Å². The largest absolute Gasteiger partial charge is 0.493 e. The lowest BCUT2D eigenvalue weighted by molar-refractivity contribution is -0.116. The third-order valence-electron chi connectivity index (χ3n) is 5.01. The fourth-order valence-corrected chi connectivity index (χ4v) is 4.45. The zero-order valence-corrected chi connectivity index (χ0v) is 17.7. The Balaban J connectivity index is 1.96. The Labute approximate surface area is 173 Å². The van der Waals surface area contributed by atoms with E-state index in [1.807, 2.05) is 56.3 Å². The van der Waals surface area contributed by atoms with Crippen molar-refractivity contribution in [3.63, 3.8) is 0 Å². The van der Waals surface area contributed by atoms with Crippen LogP contribution in [0, 0.1) is 0 Å². The van der Waals surface area contributed by atoms with Crippen molar-refractivity contribution >= 4 is 38.3 Å². The Hall–Kier alpha value is -2.53. The maximum Gasteiger partial charge on any atom is 0.225 e. The highest BCUT2D eigenvalue weighted by Gasteiger charge is 2.31. The third-order valence-corrected chi connectivity index (χ3v) is 5.67. The van der Waals surface area contributed by atoms with Crippen molar-refractivity contribution in [2.24, 2.45) is 0 Å². The van der Waals surface area contributed by atoms with Gasteiger partial charge in [-0.05, 0) is 36.9 Å². The molecule has 0 bridgehead atoms. The Morgan fingerprint density at radius 3 is 2.54 bits per heavy atom. The van der Waals surface area contributed by atoms with Crippen molar-refractivity contribution in [3.8, 4) is 11.5 Å². The van der Waals surface area contributed by atoms with Gasteiger partial charge < -0.3 is 14.8 Å². The monoisotopic (exact) mass is 439 g/mol. The summed E-state index contributed by atoms with van der Waals surface area (Å²) in [4.78, 5) is 12.6. The van der Waals surface area contributed by atoms with Gasteiger partial charge >= 0.3 is 0 Å². The molecule has 144 valence electrons. The van der Waals surface area contributed by atoms with Gasteiger partial charge in [-0.25, -0.2) is 0 Å². The molecule has 3 aromatic rings. The molecule has 0 radical (unpaired) electrons. The second-order valence-corrected chi connectivity index (χ2v) is 8.07. The summed E-state index contributed by atoms with van der Waals surface area (Å²) in [5, 5.41) is 5.19. The number of nitrogens with one attached hydrogen (secondary N) is 1. The first-order valence-corrected chi connectivity index (χ1v) is 10.1. The fraction of sp³-hybridized carbons (Fsp3) is 0.261. The van der Waals surface area contributed by atoms with E-state index in [0.29, 0.717) is 17.9 Å². The van der Waals surface area contributed by atoms with Crippen LogP contribution in [-0.2, 0) is 4.79 Å². The molecule has 28 heavy (non-hydrogen) atoms. The molecule has 5 heteroatoms. The van der Waals surface area contributed by atoms with Crippen molar-refractivity contribution in [2.45, 2.75) is 32.3 Å². The topological polar surface area (TPSA) is 47.6 Å².